The third-order valence-corrected chi connectivity index (χ3v) is 2.98. The molecule has 1 aromatic rings. The van der Waals surface area contributed by atoms with Gasteiger partial charge in [0.1, 0.15) is 11.5 Å². The lowest BCUT2D eigenvalue weighted by Gasteiger charge is -2.22. The Morgan fingerprint density at radius 2 is 2.00 bits per heavy atom. The smallest absolute Gasteiger partial charge is 0.257 e. The average molecular weight is 292 g/mol. The van der Waals surface area contributed by atoms with Gasteiger partial charge in [-0.1, -0.05) is 0 Å². The van der Waals surface area contributed by atoms with Gasteiger partial charge in [-0.25, -0.2) is 0 Å². The molecule has 0 aliphatic heterocycles. The molecular weight excluding hydrogens is 272 g/mol. The Hall–Kier alpha value is -2.26. The van der Waals surface area contributed by atoms with Crippen LogP contribution in [0.15, 0.2) is 18.2 Å². The van der Waals surface area contributed by atoms with E-state index in [0.717, 1.165) is 0 Å². The molecule has 6 heteroatoms. The highest BCUT2D eigenvalue weighted by atomic mass is 16.5. The molecule has 0 radical (unpaired) electrons. The number of methoxy groups -OCH3 is 3. The van der Waals surface area contributed by atoms with Crippen molar-refractivity contribution in [3.8, 4) is 17.6 Å². The zero-order chi connectivity index (χ0) is 15.7. The Kier molecular flexibility index (Phi) is 7.05. The Balaban J connectivity index is 3.03. The van der Waals surface area contributed by atoms with Gasteiger partial charge < -0.3 is 19.1 Å². The lowest BCUT2D eigenvalue weighted by atomic mass is 10.1. The minimum absolute atomic E-state index is 0.210. The first-order valence-electron chi connectivity index (χ1n) is 6.55. The number of carbonyl (C=O) groups excluding carboxylic acids is 1. The normalized spacial score (nSPS) is 9.81. The van der Waals surface area contributed by atoms with Crippen LogP contribution in [0, 0.1) is 11.3 Å². The molecule has 6 nitrogen and oxygen atoms in total. The van der Waals surface area contributed by atoms with E-state index in [9.17, 15) is 4.79 Å². The first kappa shape index (κ1) is 16.8. The molecule has 0 saturated carbocycles. The van der Waals surface area contributed by atoms with Crippen LogP contribution in [0.3, 0.4) is 0 Å². The van der Waals surface area contributed by atoms with Crippen LogP contribution in [0.4, 0.5) is 0 Å². The van der Waals surface area contributed by atoms with Crippen molar-refractivity contribution in [3.63, 3.8) is 0 Å². The van der Waals surface area contributed by atoms with Crippen LogP contribution in [0.25, 0.3) is 0 Å². The summed E-state index contributed by atoms with van der Waals surface area (Å²) < 4.78 is 15.4. The predicted octanol–water partition coefficient (Wildman–Crippen LogP) is 1.71. The van der Waals surface area contributed by atoms with E-state index in [2.05, 4.69) is 0 Å². The number of ether oxygens (including phenoxy) is 3. The molecule has 21 heavy (non-hydrogen) atoms. The maximum atomic E-state index is 12.6. The highest BCUT2D eigenvalue weighted by molar-refractivity contribution is 5.97. The average Bonchev–Trinajstić information content (AvgIpc) is 2.53. The fraction of sp³-hybridized carbons (Fsp3) is 0.467. The van der Waals surface area contributed by atoms with Crippen molar-refractivity contribution in [1.82, 2.24) is 4.90 Å². The van der Waals surface area contributed by atoms with Crippen LogP contribution in [0.1, 0.15) is 16.8 Å². The number of carbonyl (C=O) groups is 1. The highest BCUT2D eigenvalue weighted by Crippen LogP contribution is 2.25. The van der Waals surface area contributed by atoms with E-state index in [-0.39, 0.29) is 12.3 Å². The molecule has 0 atom stereocenters. The number of rotatable bonds is 8. The molecule has 0 aliphatic rings. The zero-order valence-corrected chi connectivity index (χ0v) is 12.6. The number of hydrogen-bond donors (Lipinski definition) is 0. The third-order valence-electron chi connectivity index (χ3n) is 2.98. The molecule has 0 saturated heterocycles. The van der Waals surface area contributed by atoms with Crippen LogP contribution in [-0.4, -0.2) is 51.8 Å². The molecule has 0 spiro atoms. The molecule has 0 unspecified atom stereocenters. The third kappa shape index (κ3) is 4.65. The maximum absolute atomic E-state index is 12.6. The molecule has 0 aliphatic carbocycles. The van der Waals surface area contributed by atoms with E-state index in [1.807, 2.05) is 6.07 Å². The van der Waals surface area contributed by atoms with E-state index < -0.39 is 0 Å². The molecule has 0 bridgehead atoms. The topological polar surface area (TPSA) is 71.8 Å². The van der Waals surface area contributed by atoms with E-state index in [1.54, 1.807) is 30.2 Å². The van der Waals surface area contributed by atoms with Gasteiger partial charge in [-0.3, -0.25) is 4.79 Å². The number of hydrogen-bond acceptors (Lipinski definition) is 5. The monoisotopic (exact) mass is 292 g/mol. The number of nitrogens with zero attached hydrogens (tertiary/aromatic N) is 2. The van der Waals surface area contributed by atoms with E-state index in [4.69, 9.17) is 19.5 Å². The maximum Gasteiger partial charge on any atom is 0.257 e. The molecular formula is C15H20N2O4. The molecule has 0 aromatic heterocycles. The van der Waals surface area contributed by atoms with Gasteiger partial charge in [0.25, 0.3) is 5.91 Å². The van der Waals surface area contributed by atoms with Gasteiger partial charge in [0.2, 0.25) is 0 Å². The van der Waals surface area contributed by atoms with Crippen LogP contribution in [-0.2, 0) is 4.74 Å². The lowest BCUT2D eigenvalue weighted by Crippen LogP contribution is -2.35. The lowest BCUT2D eigenvalue weighted by molar-refractivity contribution is 0.0696. The second kappa shape index (κ2) is 8.82. The minimum Gasteiger partial charge on any atom is -0.497 e. The van der Waals surface area contributed by atoms with Crippen molar-refractivity contribution in [2.24, 2.45) is 0 Å². The van der Waals surface area contributed by atoms with E-state index in [0.29, 0.717) is 36.8 Å². The standard InChI is InChI=1S/C15H20N2O4/c1-19-10-9-17(8-4-7-16)15(18)13-11-12(20-2)5-6-14(13)21-3/h5-6,11H,4,8-10H2,1-3H3. The number of benzene rings is 1. The molecule has 0 heterocycles. The fourth-order valence-corrected chi connectivity index (χ4v) is 1.85. The Bertz CT molecular complexity index is 511. The first-order chi connectivity index (χ1) is 10.2. The molecule has 0 N–H and O–H groups in total. The Labute approximate surface area is 124 Å². The molecule has 0 fully saturated rings. The van der Waals surface area contributed by atoms with Gasteiger partial charge in [0.05, 0.1) is 38.9 Å². The Morgan fingerprint density at radius 3 is 2.57 bits per heavy atom. The van der Waals surface area contributed by atoms with E-state index >= 15 is 0 Å². The van der Waals surface area contributed by atoms with Crippen molar-refractivity contribution in [1.29, 1.82) is 5.26 Å². The molecule has 1 rings (SSSR count). The first-order valence-corrected chi connectivity index (χ1v) is 6.55. The summed E-state index contributed by atoms with van der Waals surface area (Å²) in [5.41, 5.74) is 0.408. The second-order valence-electron chi connectivity index (χ2n) is 4.26. The quantitative estimate of drug-likeness (QED) is 0.729. The summed E-state index contributed by atoms with van der Waals surface area (Å²) in [4.78, 5) is 14.2. The highest BCUT2D eigenvalue weighted by Gasteiger charge is 2.20. The Morgan fingerprint density at radius 1 is 1.24 bits per heavy atom. The van der Waals surface area contributed by atoms with Crippen molar-refractivity contribution < 1.29 is 19.0 Å². The van der Waals surface area contributed by atoms with Crippen LogP contribution in [0.5, 0.6) is 11.5 Å². The summed E-state index contributed by atoms with van der Waals surface area (Å²) in [5.74, 6) is 0.837. The van der Waals surface area contributed by atoms with Crippen LogP contribution >= 0.6 is 0 Å². The van der Waals surface area contributed by atoms with Gasteiger partial charge in [-0.15, -0.1) is 0 Å². The van der Waals surface area contributed by atoms with Gasteiger partial charge in [-0.2, -0.15) is 5.26 Å². The van der Waals surface area contributed by atoms with E-state index in [1.165, 1.54) is 14.2 Å². The molecule has 114 valence electrons. The number of amides is 1. The van der Waals surface area contributed by atoms with Crippen molar-refractivity contribution in [2.45, 2.75) is 6.42 Å². The fourth-order valence-electron chi connectivity index (χ4n) is 1.85. The minimum atomic E-state index is -0.210. The van der Waals surface area contributed by atoms with Crippen molar-refractivity contribution in [2.75, 3.05) is 41.0 Å². The van der Waals surface area contributed by atoms with Crippen molar-refractivity contribution >= 4 is 5.91 Å². The molecule has 1 aromatic carbocycles. The summed E-state index contributed by atoms with van der Waals surface area (Å²) in [6.45, 7) is 1.17. The summed E-state index contributed by atoms with van der Waals surface area (Å²) in [7, 11) is 4.61. The summed E-state index contributed by atoms with van der Waals surface area (Å²) >= 11 is 0. The largest absolute Gasteiger partial charge is 0.497 e. The second-order valence-corrected chi connectivity index (χ2v) is 4.26. The SMILES string of the molecule is COCCN(CCC#N)C(=O)c1cc(OC)ccc1OC. The summed E-state index contributed by atoms with van der Waals surface area (Å²) in [6.07, 6.45) is 0.266. The zero-order valence-electron chi connectivity index (χ0n) is 12.6. The van der Waals surface area contributed by atoms with Crippen LogP contribution < -0.4 is 9.47 Å². The number of nitriles is 1. The van der Waals surface area contributed by atoms with Gasteiger partial charge in [0.15, 0.2) is 0 Å². The summed E-state index contributed by atoms with van der Waals surface area (Å²) in [5, 5.41) is 8.71. The van der Waals surface area contributed by atoms with Gasteiger partial charge in [0, 0.05) is 20.2 Å². The predicted molar refractivity (Wildman–Crippen MR) is 77.6 cm³/mol. The van der Waals surface area contributed by atoms with Crippen molar-refractivity contribution in [3.05, 3.63) is 23.8 Å². The van der Waals surface area contributed by atoms with Gasteiger partial charge in [-0.05, 0) is 18.2 Å². The van der Waals surface area contributed by atoms with Crippen LogP contribution in [0.2, 0.25) is 0 Å². The van der Waals surface area contributed by atoms with Gasteiger partial charge >= 0.3 is 0 Å². The molecule has 1 amide bonds. The summed E-state index contributed by atoms with van der Waals surface area (Å²) in [6, 6.07) is 7.09.